The summed E-state index contributed by atoms with van der Waals surface area (Å²) in [7, 11) is 0. The molecule has 1 saturated heterocycles. The highest BCUT2D eigenvalue weighted by molar-refractivity contribution is 5.93. The number of likely N-dealkylation sites (tertiary alicyclic amines) is 1. The van der Waals surface area contributed by atoms with Crippen molar-refractivity contribution in [3.8, 4) is 0 Å². The average Bonchev–Trinajstić information content (AvgIpc) is 3.41. The van der Waals surface area contributed by atoms with Crippen molar-refractivity contribution in [2.45, 2.75) is 64.1 Å². The first-order valence-corrected chi connectivity index (χ1v) is 10.5. The van der Waals surface area contributed by atoms with E-state index in [2.05, 4.69) is 20.6 Å². The van der Waals surface area contributed by atoms with Gasteiger partial charge in [0.05, 0.1) is 6.33 Å². The summed E-state index contributed by atoms with van der Waals surface area (Å²) in [6.07, 6.45) is 2.65. The second kappa shape index (κ2) is 11.4. The lowest BCUT2D eigenvalue weighted by Crippen LogP contribution is -2.55. The highest BCUT2D eigenvalue weighted by Crippen LogP contribution is 2.19. The van der Waals surface area contributed by atoms with E-state index in [1.165, 1.54) is 17.4 Å². The highest BCUT2D eigenvalue weighted by atomic mass is 16.3. The van der Waals surface area contributed by atoms with Gasteiger partial charge in [0.25, 0.3) is 0 Å². The van der Waals surface area contributed by atoms with Crippen LogP contribution in [0.4, 0.5) is 0 Å². The van der Waals surface area contributed by atoms with Crippen molar-refractivity contribution in [3.63, 3.8) is 0 Å². The van der Waals surface area contributed by atoms with Gasteiger partial charge in [-0.25, -0.2) is 4.98 Å². The molecule has 4 amide bonds. The van der Waals surface area contributed by atoms with Crippen LogP contribution >= 0.6 is 0 Å². The summed E-state index contributed by atoms with van der Waals surface area (Å²) in [4.78, 5) is 57.2. The molecule has 172 valence electrons. The largest absolute Gasteiger partial charge is 0.383 e. The van der Waals surface area contributed by atoms with Gasteiger partial charge >= 0.3 is 0 Å². The maximum atomic E-state index is 13.1. The molecule has 1 aliphatic heterocycles. The minimum absolute atomic E-state index is 0.0175. The minimum Gasteiger partial charge on any atom is -0.383 e. The molecule has 3 unspecified atom stereocenters. The van der Waals surface area contributed by atoms with Crippen molar-refractivity contribution in [1.29, 1.82) is 0 Å². The third-order valence-electron chi connectivity index (χ3n) is 5.11. The van der Waals surface area contributed by atoms with Crippen LogP contribution < -0.4 is 16.4 Å². The van der Waals surface area contributed by atoms with E-state index >= 15 is 0 Å². The summed E-state index contributed by atoms with van der Waals surface area (Å²) in [6.45, 7) is 4.80. The number of rotatable bonds is 11. The first-order chi connectivity index (χ1) is 14.7. The highest BCUT2D eigenvalue weighted by Gasteiger charge is 2.37. The number of nitrogens with two attached hydrogens (primary N) is 1. The zero-order valence-electron chi connectivity index (χ0n) is 18.0. The maximum absolute atomic E-state index is 13.1. The number of carbonyl (C=O) groups excluding carboxylic acids is 4. The van der Waals surface area contributed by atoms with Crippen molar-refractivity contribution in [3.05, 3.63) is 18.2 Å². The van der Waals surface area contributed by atoms with Gasteiger partial charge in [0.1, 0.15) is 18.2 Å². The molecule has 1 aliphatic rings. The van der Waals surface area contributed by atoms with Gasteiger partial charge in [-0.3, -0.25) is 19.2 Å². The van der Waals surface area contributed by atoms with E-state index in [1.807, 2.05) is 13.8 Å². The van der Waals surface area contributed by atoms with Crippen molar-refractivity contribution in [2.24, 2.45) is 11.7 Å². The van der Waals surface area contributed by atoms with Crippen LogP contribution in [-0.2, 0) is 25.6 Å². The predicted octanol–water partition coefficient (Wildman–Crippen LogP) is -1.17. The van der Waals surface area contributed by atoms with Gasteiger partial charge in [0.2, 0.25) is 23.6 Å². The molecule has 0 aliphatic carbocycles. The van der Waals surface area contributed by atoms with Gasteiger partial charge in [-0.2, -0.15) is 0 Å². The topological polar surface area (TPSA) is 171 Å². The Morgan fingerprint density at radius 3 is 2.71 bits per heavy atom. The third-order valence-corrected chi connectivity index (χ3v) is 5.11. The summed E-state index contributed by atoms with van der Waals surface area (Å²) in [5, 5.41) is 15.5. The maximum Gasteiger partial charge on any atom is 0.249 e. The number of nitrogens with zero attached hydrogens (tertiary/aromatic N) is 2. The lowest BCUT2D eigenvalue weighted by molar-refractivity contribution is -0.142. The number of aliphatic hydroxyl groups excluding tert-OH is 1. The molecule has 0 saturated carbocycles. The smallest absolute Gasteiger partial charge is 0.249 e. The quantitative estimate of drug-likeness (QED) is 0.292. The van der Waals surface area contributed by atoms with Crippen LogP contribution in [0.25, 0.3) is 0 Å². The average molecular weight is 437 g/mol. The van der Waals surface area contributed by atoms with Crippen LogP contribution in [0.5, 0.6) is 0 Å². The molecule has 3 atom stereocenters. The Kier molecular flexibility index (Phi) is 8.98. The molecular weight excluding hydrogens is 404 g/mol. The molecule has 1 fully saturated rings. The van der Waals surface area contributed by atoms with Crippen LogP contribution in [0.15, 0.2) is 12.5 Å². The van der Waals surface area contributed by atoms with Gasteiger partial charge in [-0.05, 0) is 25.2 Å². The van der Waals surface area contributed by atoms with E-state index in [9.17, 15) is 24.3 Å². The van der Waals surface area contributed by atoms with Gasteiger partial charge in [0.15, 0.2) is 0 Å². The molecule has 6 N–H and O–H groups in total. The molecule has 11 heteroatoms. The number of aromatic nitrogens is 2. The normalized spacial score (nSPS) is 17.9. The van der Waals surface area contributed by atoms with Crippen LogP contribution in [0.2, 0.25) is 0 Å². The van der Waals surface area contributed by atoms with E-state index in [0.29, 0.717) is 37.5 Å². The Balaban J connectivity index is 2.00. The molecule has 1 aromatic rings. The van der Waals surface area contributed by atoms with E-state index in [4.69, 9.17) is 5.73 Å². The van der Waals surface area contributed by atoms with Gasteiger partial charge in [-0.15, -0.1) is 0 Å². The predicted molar refractivity (Wildman–Crippen MR) is 111 cm³/mol. The third kappa shape index (κ3) is 7.35. The second-order valence-electron chi connectivity index (χ2n) is 8.19. The Labute approximate surface area is 181 Å². The lowest BCUT2D eigenvalue weighted by atomic mass is 10.1. The molecular formula is C20H32N6O5. The molecule has 2 heterocycles. The summed E-state index contributed by atoms with van der Waals surface area (Å²) < 4.78 is 0. The van der Waals surface area contributed by atoms with Crippen LogP contribution in [0, 0.1) is 5.92 Å². The minimum atomic E-state index is -1.45. The van der Waals surface area contributed by atoms with Crippen molar-refractivity contribution in [1.82, 2.24) is 25.5 Å². The summed E-state index contributed by atoms with van der Waals surface area (Å²) >= 11 is 0. The fraction of sp³-hybridized carbons (Fsp3) is 0.650. The molecule has 31 heavy (non-hydrogen) atoms. The number of hydrogen-bond acceptors (Lipinski definition) is 6. The summed E-state index contributed by atoms with van der Waals surface area (Å²) in [5.41, 5.74) is 6.02. The molecule has 0 aromatic carbocycles. The van der Waals surface area contributed by atoms with E-state index in [0.717, 1.165) is 0 Å². The van der Waals surface area contributed by atoms with Crippen molar-refractivity contribution in [2.75, 3.05) is 13.1 Å². The molecule has 0 bridgehead atoms. The van der Waals surface area contributed by atoms with Gasteiger partial charge in [0, 0.05) is 37.8 Å². The number of hydrogen-bond donors (Lipinski definition) is 5. The second-order valence-corrected chi connectivity index (χ2v) is 8.19. The number of imidazole rings is 1. The molecule has 0 spiro atoms. The van der Waals surface area contributed by atoms with E-state index in [1.54, 1.807) is 0 Å². The first-order valence-electron chi connectivity index (χ1n) is 10.5. The van der Waals surface area contributed by atoms with Gasteiger partial charge < -0.3 is 31.4 Å². The number of amides is 4. The Morgan fingerprint density at radius 2 is 2.10 bits per heavy atom. The standard InChI is InChI=1S/C20H32N6O5/c1-12(2)9-23-17(28)6-5-16(27)19(30)25-14(8-13-10-22-11-24-13)20(31)26-7-3-4-15(26)18(21)29/h10-12,14-16,27H,3-9H2,1-2H3,(H2,21,29)(H,22,24)(H,23,28)(H,25,30). The molecule has 2 rings (SSSR count). The van der Waals surface area contributed by atoms with Crippen molar-refractivity contribution >= 4 is 23.6 Å². The number of primary amides is 1. The lowest BCUT2D eigenvalue weighted by Gasteiger charge is -2.28. The Morgan fingerprint density at radius 1 is 1.35 bits per heavy atom. The molecule has 1 aromatic heterocycles. The fourth-order valence-corrected chi connectivity index (χ4v) is 3.42. The Hall–Kier alpha value is -2.95. The number of nitrogens with one attached hydrogen (secondary N) is 3. The zero-order chi connectivity index (χ0) is 23.0. The SMILES string of the molecule is CC(C)CNC(=O)CCC(O)C(=O)NC(Cc1cnc[nH]1)C(=O)N1CCCC1C(N)=O. The number of aromatic amines is 1. The monoisotopic (exact) mass is 436 g/mol. The zero-order valence-corrected chi connectivity index (χ0v) is 18.0. The number of H-pyrrole nitrogens is 1. The van der Waals surface area contributed by atoms with Crippen LogP contribution in [-0.4, -0.2) is 74.9 Å². The molecule has 0 radical (unpaired) electrons. The number of carbonyl (C=O) groups is 4. The summed E-state index contributed by atoms with van der Waals surface area (Å²) in [5.74, 6) is -1.77. The van der Waals surface area contributed by atoms with E-state index in [-0.39, 0.29) is 25.2 Å². The fourth-order valence-electron chi connectivity index (χ4n) is 3.42. The van der Waals surface area contributed by atoms with Crippen molar-refractivity contribution < 1.29 is 24.3 Å². The van der Waals surface area contributed by atoms with Crippen LogP contribution in [0.1, 0.15) is 45.2 Å². The Bertz CT molecular complexity index is 766. The summed E-state index contributed by atoms with van der Waals surface area (Å²) in [6, 6.07) is -1.74. The first kappa shape index (κ1) is 24.3. The molecule has 11 nitrogen and oxygen atoms in total. The van der Waals surface area contributed by atoms with Gasteiger partial charge in [-0.1, -0.05) is 13.8 Å². The van der Waals surface area contributed by atoms with Crippen LogP contribution in [0.3, 0.4) is 0 Å². The number of aliphatic hydroxyl groups is 1. The van der Waals surface area contributed by atoms with E-state index < -0.39 is 35.9 Å².